The number of likely N-dealkylation sites (tertiary alicyclic amines) is 1. The summed E-state index contributed by atoms with van der Waals surface area (Å²) in [6.07, 6.45) is -2.66. The Morgan fingerprint density at radius 2 is 1.88 bits per heavy atom. The van der Waals surface area contributed by atoms with Gasteiger partial charge in [-0.3, -0.25) is 4.79 Å². The number of amides is 1. The quantitative estimate of drug-likeness (QED) is 0.426. The number of alkyl halides is 3. The number of imidazole rings is 1. The summed E-state index contributed by atoms with van der Waals surface area (Å²) in [7, 11) is 3.32. The van der Waals surface area contributed by atoms with Crippen LogP contribution in [-0.4, -0.2) is 46.7 Å². The number of halogens is 5. The van der Waals surface area contributed by atoms with E-state index in [1.54, 1.807) is 42.7 Å². The van der Waals surface area contributed by atoms with Crippen molar-refractivity contribution in [1.29, 1.82) is 0 Å². The molecule has 2 aromatic carbocycles. The molecule has 1 fully saturated rings. The fourth-order valence-electron chi connectivity index (χ4n) is 4.37. The van der Waals surface area contributed by atoms with E-state index in [9.17, 15) is 18.0 Å². The molecular formula is C24H24Cl2F3N3O2. The summed E-state index contributed by atoms with van der Waals surface area (Å²) < 4.78 is 46.9. The third kappa shape index (κ3) is 4.63. The highest BCUT2D eigenvalue weighted by atomic mass is 35.5. The molecule has 182 valence electrons. The summed E-state index contributed by atoms with van der Waals surface area (Å²) in [6, 6.07) is 5.40. The Kier molecular flexibility index (Phi) is 6.86. The number of piperidine rings is 1. The lowest BCUT2D eigenvalue weighted by Gasteiger charge is -2.31. The molecule has 10 heteroatoms. The topological polar surface area (TPSA) is 47.4 Å². The van der Waals surface area contributed by atoms with Crippen molar-refractivity contribution in [3.05, 3.63) is 62.4 Å². The van der Waals surface area contributed by atoms with Crippen LogP contribution in [0.2, 0.25) is 10.0 Å². The second kappa shape index (κ2) is 9.40. The molecule has 1 amide bonds. The highest BCUT2D eigenvalue weighted by molar-refractivity contribution is 6.38. The van der Waals surface area contributed by atoms with Gasteiger partial charge in [-0.1, -0.05) is 23.2 Å². The number of aromatic nitrogens is 2. The molecule has 0 unspecified atom stereocenters. The Bertz CT molecular complexity index is 1250. The number of hydrogen-bond acceptors (Lipinski definition) is 3. The van der Waals surface area contributed by atoms with E-state index in [1.807, 2.05) is 0 Å². The molecule has 0 N–H and O–H groups in total. The SMILES string of the molecule is COC1CCN(C(=O)c2ccc(Cl)c(Cc3nc4c(C)cc(C(F)(F)F)cc4n3C)c2Cl)CC1. The predicted molar refractivity (Wildman–Crippen MR) is 126 cm³/mol. The van der Waals surface area contributed by atoms with E-state index in [1.165, 1.54) is 0 Å². The van der Waals surface area contributed by atoms with Crippen molar-refractivity contribution in [2.45, 2.75) is 38.5 Å². The normalized spacial score (nSPS) is 15.4. The first-order chi connectivity index (χ1) is 16.0. The maximum Gasteiger partial charge on any atom is 0.416 e. The van der Waals surface area contributed by atoms with E-state index in [4.69, 9.17) is 27.9 Å². The first kappa shape index (κ1) is 24.8. The van der Waals surface area contributed by atoms with E-state index in [2.05, 4.69) is 4.98 Å². The van der Waals surface area contributed by atoms with Crippen molar-refractivity contribution in [2.24, 2.45) is 7.05 Å². The van der Waals surface area contributed by atoms with Crippen LogP contribution >= 0.6 is 23.2 Å². The minimum atomic E-state index is -4.46. The van der Waals surface area contributed by atoms with Crippen LogP contribution in [0, 0.1) is 6.92 Å². The molecule has 1 aliphatic heterocycles. The second-order valence-electron chi connectivity index (χ2n) is 8.54. The zero-order chi connectivity index (χ0) is 24.8. The maximum atomic E-state index is 13.3. The minimum Gasteiger partial charge on any atom is -0.381 e. The number of nitrogens with zero attached hydrogens (tertiary/aromatic N) is 3. The largest absolute Gasteiger partial charge is 0.416 e. The Labute approximate surface area is 205 Å². The smallest absolute Gasteiger partial charge is 0.381 e. The number of benzene rings is 2. The zero-order valence-electron chi connectivity index (χ0n) is 19.0. The predicted octanol–water partition coefficient (Wildman–Crippen LogP) is 6.05. The molecule has 1 aliphatic rings. The first-order valence-corrected chi connectivity index (χ1v) is 11.6. The van der Waals surface area contributed by atoms with Crippen LogP contribution in [0.4, 0.5) is 13.2 Å². The lowest BCUT2D eigenvalue weighted by molar-refractivity contribution is -0.137. The molecule has 0 atom stereocenters. The minimum absolute atomic E-state index is 0.138. The van der Waals surface area contributed by atoms with Crippen molar-refractivity contribution in [2.75, 3.05) is 20.2 Å². The lowest BCUT2D eigenvalue weighted by Crippen LogP contribution is -2.40. The Morgan fingerprint density at radius 3 is 2.50 bits per heavy atom. The molecule has 4 rings (SSSR count). The highest BCUT2D eigenvalue weighted by Crippen LogP contribution is 2.35. The molecule has 1 aromatic heterocycles. The number of rotatable bonds is 4. The Balaban J connectivity index is 1.68. The van der Waals surface area contributed by atoms with Crippen LogP contribution in [0.25, 0.3) is 11.0 Å². The van der Waals surface area contributed by atoms with Gasteiger partial charge in [0.05, 0.1) is 33.3 Å². The van der Waals surface area contributed by atoms with Gasteiger partial charge >= 0.3 is 6.18 Å². The molecule has 3 aromatic rings. The summed E-state index contributed by atoms with van der Waals surface area (Å²) in [5.74, 6) is 0.305. The van der Waals surface area contributed by atoms with Crippen LogP contribution in [0.1, 0.15) is 45.7 Å². The van der Waals surface area contributed by atoms with Crippen molar-refractivity contribution in [1.82, 2.24) is 14.5 Å². The monoisotopic (exact) mass is 513 g/mol. The number of fused-ring (bicyclic) bond motifs is 1. The third-order valence-electron chi connectivity index (χ3n) is 6.41. The fraction of sp³-hybridized carbons (Fsp3) is 0.417. The molecule has 0 saturated carbocycles. The molecule has 1 saturated heterocycles. The average Bonchev–Trinajstić information content (AvgIpc) is 3.12. The lowest BCUT2D eigenvalue weighted by atomic mass is 10.0. The Hall–Kier alpha value is -2.29. The maximum absolute atomic E-state index is 13.3. The van der Waals surface area contributed by atoms with Gasteiger partial charge in [0.15, 0.2) is 0 Å². The molecular weight excluding hydrogens is 490 g/mol. The van der Waals surface area contributed by atoms with Crippen LogP contribution in [0.15, 0.2) is 24.3 Å². The van der Waals surface area contributed by atoms with Crippen molar-refractivity contribution in [3.63, 3.8) is 0 Å². The van der Waals surface area contributed by atoms with E-state index < -0.39 is 11.7 Å². The van der Waals surface area contributed by atoms with Gasteiger partial charge in [-0.25, -0.2) is 4.98 Å². The summed E-state index contributed by atoms with van der Waals surface area (Å²) in [4.78, 5) is 19.5. The van der Waals surface area contributed by atoms with Gasteiger partial charge in [-0.2, -0.15) is 13.2 Å². The Morgan fingerprint density at radius 1 is 1.21 bits per heavy atom. The standard InChI is InChI=1S/C24H24Cl2F3N3O2/c1-13-10-14(24(27,28)29)11-19-22(13)30-20(31(19)2)12-17-18(25)5-4-16(21(17)26)23(33)32-8-6-15(34-3)7-9-32/h4-5,10-11,15H,6-9,12H2,1-3H3. The van der Waals surface area contributed by atoms with Crippen molar-refractivity contribution >= 4 is 40.1 Å². The average molecular weight is 514 g/mol. The molecule has 0 spiro atoms. The highest BCUT2D eigenvalue weighted by Gasteiger charge is 2.32. The number of aryl methyl sites for hydroxylation is 2. The van der Waals surface area contributed by atoms with E-state index >= 15 is 0 Å². The number of hydrogen-bond donors (Lipinski definition) is 0. The molecule has 34 heavy (non-hydrogen) atoms. The van der Waals surface area contributed by atoms with E-state index in [-0.39, 0.29) is 23.5 Å². The third-order valence-corrected chi connectivity index (χ3v) is 7.20. The van der Waals surface area contributed by atoms with E-state index in [0.29, 0.717) is 51.7 Å². The number of carbonyl (C=O) groups is 1. The van der Waals surface area contributed by atoms with Crippen LogP contribution in [0.3, 0.4) is 0 Å². The molecule has 0 aliphatic carbocycles. The van der Waals surface area contributed by atoms with Gasteiger partial charge in [0.25, 0.3) is 5.91 Å². The summed E-state index contributed by atoms with van der Waals surface area (Å²) in [6.45, 7) is 2.73. The molecule has 2 heterocycles. The molecule has 0 bridgehead atoms. The molecule has 5 nitrogen and oxygen atoms in total. The zero-order valence-corrected chi connectivity index (χ0v) is 20.5. The van der Waals surface area contributed by atoms with Crippen LogP contribution in [0.5, 0.6) is 0 Å². The van der Waals surface area contributed by atoms with E-state index in [0.717, 1.165) is 25.0 Å². The van der Waals surface area contributed by atoms with Gasteiger partial charge in [-0.05, 0) is 55.2 Å². The number of methoxy groups -OCH3 is 1. The summed E-state index contributed by atoms with van der Waals surface area (Å²) in [5, 5.41) is 0.588. The van der Waals surface area contributed by atoms with Crippen LogP contribution < -0.4 is 0 Å². The summed E-state index contributed by atoms with van der Waals surface area (Å²) >= 11 is 13.1. The second-order valence-corrected chi connectivity index (χ2v) is 9.32. The van der Waals surface area contributed by atoms with Gasteiger partial charge in [0.2, 0.25) is 0 Å². The number of ether oxygens (including phenoxy) is 1. The van der Waals surface area contributed by atoms with Crippen molar-refractivity contribution in [3.8, 4) is 0 Å². The van der Waals surface area contributed by atoms with Crippen molar-refractivity contribution < 1.29 is 22.7 Å². The van der Waals surface area contributed by atoms with Crippen LogP contribution in [-0.2, 0) is 24.4 Å². The number of carbonyl (C=O) groups excluding carboxylic acids is 1. The molecule has 0 radical (unpaired) electrons. The summed E-state index contributed by atoms with van der Waals surface area (Å²) in [5.41, 5.74) is 1.38. The van der Waals surface area contributed by atoms with Gasteiger partial charge < -0.3 is 14.2 Å². The van der Waals surface area contributed by atoms with Gasteiger partial charge in [0.1, 0.15) is 5.82 Å². The fourth-order valence-corrected chi connectivity index (χ4v) is 4.96. The first-order valence-electron chi connectivity index (χ1n) is 10.8. The van der Waals surface area contributed by atoms with Gasteiger partial charge in [-0.15, -0.1) is 0 Å². The van der Waals surface area contributed by atoms with Gasteiger partial charge in [0, 0.05) is 38.7 Å².